The van der Waals surface area contributed by atoms with E-state index in [2.05, 4.69) is 0 Å². The van der Waals surface area contributed by atoms with Gasteiger partial charge in [0, 0.05) is 23.3 Å². The van der Waals surface area contributed by atoms with Crippen LogP contribution in [0.25, 0.3) is 0 Å². The number of amides is 1. The highest BCUT2D eigenvalue weighted by Crippen LogP contribution is 2.19. The maximum absolute atomic E-state index is 12.1. The van der Waals surface area contributed by atoms with Crippen LogP contribution in [0.3, 0.4) is 0 Å². The zero-order valence-electron chi connectivity index (χ0n) is 9.43. The topological polar surface area (TPSA) is 20.3 Å². The molecule has 0 aromatic heterocycles. The molecule has 2 aromatic carbocycles. The molecule has 0 heterocycles. The van der Waals surface area contributed by atoms with Gasteiger partial charge in [-0.2, -0.15) is 0 Å². The van der Waals surface area contributed by atoms with Crippen molar-refractivity contribution >= 4 is 23.2 Å². The minimum Gasteiger partial charge on any atom is -0.311 e. The lowest BCUT2D eigenvalue weighted by atomic mass is 10.2. The molecule has 86 valence electrons. The van der Waals surface area contributed by atoms with Crippen LogP contribution >= 0.6 is 11.6 Å². The molecule has 0 saturated carbocycles. The third-order valence-corrected chi connectivity index (χ3v) is 2.76. The first-order valence-corrected chi connectivity index (χ1v) is 5.65. The van der Waals surface area contributed by atoms with Crippen LogP contribution in [0.4, 0.5) is 5.69 Å². The van der Waals surface area contributed by atoms with E-state index in [1.165, 1.54) is 0 Å². The van der Waals surface area contributed by atoms with Gasteiger partial charge >= 0.3 is 0 Å². The van der Waals surface area contributed by atoms with Crippen molar-refractivity contribution in [1.29, 1.82) is 0 Å². The molecule has 3 heteroatoms. The lowest BCUT2D eigenvalue weighted by Gasteiger charge is -2.17. The predicted octanol–water partition coefficient (Wildman–Crippen LogP) is 3.62. The maximum Gasteiger partial charge on any atom is 0.258 e. The van der Waals surface area contributed by atoms with Gasteiger partial charge in [-0.15, -0.1) is 0 Å². The summed E-state index contributed by atoms with van der Waals surface area (Å²) >= 11 is 5.90. The number of anilines is 1. The first-order chi connectivity index (χ1) is 8.18. The van der Waals surface area contributed by atoms with E-state index in [1.807, 2.05) is 30.3 Å². The molecule has 0 bridgehead atoms. The minimum atomic E-state index is -0.0483. The van der Waals surface area contributed by atoms with Crippen LogP contribution in [0.5, 0.6) is 0 Å². The molecule has 0 radical (unpaired) electrons. The largest absolute Gasteiger partial charge is 0.311 e. The van der Waals surface area contributed by atoms with Crippen molar-refractivity contribution in [3.63, 3.8) is 0 Å². The zero-order valence-corrected chi connectivity index (χ0v) is 10.2. The summed E-state index contributed by atoms with van der Waals surface area (Å²) in [6, 6.07) is 16.4. The Kier molecular flexibility index (Phi) is 3.45. The zero-order chi connectivity index (χ0) is 12.3. The van der Waals surface area contributed by atoms with E-state index < -0.39 is 0 Å². The van der Waals surface area contributed by atoms with Gasteiger partial charge < -0.3 is 4.90 Å². The molecular formula is C14H12ClNO. The first kappa shape index (κ1) is 11.7. The Labute approximate surface area is 105 Å². The van der Waals surface area contributed by atoms with Gasteiger partial charge in [-0.05, 0) is 30.3 Å². The average molecular weight is 246 g/mol. The molecule has 0 spiro atoms. The minimum absolute atomic E-state index is 0.0483. The number of halogens is 1. The van der Waals surface area contributed by atoms with E-state index in [-0.39, 0.29) is 5.91 Å². The van der Waals surface area contributed by atoms with Crippen molar-refractivity contribution in [2.75, 3.05) is 11.9 Å². The molecule has 2 rings (SSSR count). The van der Waals surface area contributed by atoms with Gasteiger partial charge in [0.25, 0.3) is 5.91 Å². The van der Waals surface area contributed by atoms with E-state index in [1.54, 1.807) is 36.2 Å². The van der Waals surface area contributed by atoms with Crippen LogP contribution < -0.4 is 4.90 Å². The Morgan fingerprint density at radius 3 is 2.41 bits per heavy atom. The molecule has 0 aliphatic heterocycles. The van der Waals surface area contributed by atoms with E-state index >= 15 is 0 Å². The van der Waals surface area contributed by atoms with Crippen molar-refractivity contribution in [2.24, 2.45) is 0 Å². The number of benzene rings is 2. The van der Waals surface area contributed by atoms with Crippen molar-refractivity contribution in [3.8, 4) is 0 Å². The van der Waals surface area contributed by atoms with Crippen molar-refractivity contribution < 1.29 is 4.79 Å². The van der Waals surface area contributed by atoms with Gasteiger partial charge in [0.15, 0.2) is 0 Å². The summed E-state index contributed by atoms with van der Waals surface area (Å²) in [6.45, 7) is 0. The van der Waals surface area contributed by atoms with E-state index in [9.17, 15) is 4.79 Å². The number of carbonyl (C=O) groups excluding carboxylic acids is 1. The smallest absolute Gasteiger partial charge is 0.258 e. The molecule has 2 aromatic rings. The molecule has 1 amide bonds. The third-order valence-electron chi connectivity index (χ3n) is 2.52. The summed E-state index contributed by atoms with van der Waals surface area (Å²) in [6.07, 6.45) is 0. The number of nitrogens with zero attached hydrogens (tertiary/aromatic N) is 1. The normalized spacial score (nSPS) is 10.0. The molecule has 0 fully saturated rings. The van der Waals surface area contributed by atoms with Crippen LogP contribution in [-0.2, 0) is 0 Å². The van der Waals surface area contributed by atoms with E-state index in [0.29, 0.717) is 10.6 Å². The van der Waals surface area contributed by atoms with Gasteiger partial charge in [-0.1, -0.05) is 35.9 Å². The highest BCUT2D eigenvalue weighted by molar-refractivity contribution is 6.31. The second-order valence-corrected chi connectivity index (χ2v) is 4.15. The molecule has 0 aliphatic carbocycles. The van der Waals surface area contributed by atoms with E-state index in [4.69, 9.17) is 11.6 Å². The van der Waals surface area contributed by atoms with Gasteiger partial charge in [0.05, 0.1) is 0 Å². The fourth-order valence-electron chi connectivity index (χ4n) is 1.58. The Morgan fingerprint density at radius 2 is 1.76 bits per heavy atom. The Bertz CT molecular complexity index is 525. The first-order valence-electron chi connectivity index (χ1n) is 5.27. The average Bonchev–Trinajstić information content (AvgIpc) is 2.38. The highest BCUT2D eigenvalue weighted by Gasteiger charge is 2.12. The van der Waals surface area contributed by atoms with Crippen LogP contribution in [-0.4, -0.2) is 13.0 Å². The summed E-state index contributed by atoms with van der Waals surface area (Å²) in [5, 5.41) is 0.621. The molecule has 0 saturated heterocycles. The maximum atomic E-state index is 12.1. The van der Waals surface area contributed by atoms with Crippen LogP contribution in [0, 0.1) is 0 Å². The fraction of sp³-hybridized carbons (Fsp3) is 0.0714. The summed E-state index contributed by atoms with van der Waals surface area (Å²) < 4.78 is 0. The van der Waals surface area contributed by atoms with Gasteiger partial charge in [0.2, 0.25) is 0 Å². The van der Waals surface area contributed by atoms with Crippen LogP contribution in [0.1, 0.15) is 10.4 Å². The number of rotatable bonds is 2. The Hall–Kier alpha value is -1.80. The van der Waals surface area contributed by atoms with Gasteiger partial charge in [0.1, 0.15) is 0 Å². The quantitative estimate of drug-likeness (QED) is 0.791. The molecule has 17 heavy (non-hydrogen) atoms. The highest BCUT2D eigenvalue weighted by atomic mass is 35.5. The molecular weight excluding hydrogens is 234 g/mol. The monoisotopic (exact) mass is 245 g/mol. The SMILES string of the molecule is CN(C(=O)c1ccccc1)c1cccc(Cl)c1. The van der Waals surface area contributed by atoms with Crippen molar-refractivity contribution in [3.05, 3.63) is 65.2 Å². The number of hydrogen-bond acceptors (Lipinski definition) is 1. The summed E-state index contributed by atoms with van der Waals surface area (Å²) in [5.74, 6) is -0.0483. The predicted molar refractivity (Wildman–Crippen MR) is 70.6 cm³/mol. The molecule has 0 N–H and O–H groups in total. The fourth-order valence-corrected chi connectivity index (χ4v) is 1.76. The summed E-state index contributed by atoms with van der Waals surface area (Å²) in [7, 11) is 1.74. The molecule has 0 aliphatic rings. The molecule has 2 nitrogen and oxygen atoms in total. The summed E-state index contributed by atoms with van der Waals surface area (Å²) in [4.78, 5) is 13.7. The van der Waals surface area contributed by atoms with Gasteiger partial charge in [-0.25, -0.2) is 0 Å². The lowest BCUT2D eigenvalue weighted by Crippen LogP contribution is -2.26. The van der Waals surface area contributed by atoms with Crippen molar-refractivity contribution in [2.45, 2.75) is 0 Å². The lowest BCUT2D eigenvalue weighted by molar-refractivity contribution is 0.0993. The van der Waals surface area contributed by atoms with Crippen molar-refractivity contribution in [1.82, 2.24) is 0 Å². The second kappa shape index (κ2) is 5.02. The second-order valence-electron chi connectivity index (χ2n) is 3.71. The van der Waals surface area contributed by atoms with E-state index in [0.717, 1.165) is 5.69 Å². The number of hydrogen-bond donors (Lipinski definition) is 0. The van der Waals surface area contributed by atoms with Crippen LogP contribution in [0.15, 0.2) is 54.6 Å². The third kappa shape index (κ3) is 2.66. The van der Waals surface area contributed by atoms with Crippen LogP contribution in [0.2, 0.25) is 5.02 Å². The molecule has 0 unspecified atom stereocenters. The standard InChI is InChI=1S/C14H12ClNO/c1-16(13-9-5-8-12(15)10-13)14(17)11-6-3-2-4-7-11/h2-10H,1H3. The Balaban J connectivity index is 2.27. The number of carbonyl (C=O) groups is 1. The molecule has 0 atom stereocenters. The van der Waals surface area contributed by atoms with Gasteiger partial charge in [-0.3, -0.25) is 4.79 Å². The summed E-state index contributed by atoms with van der Waals surface area (Å²) in [5.41, 5.74) is 1.45. The Morgan fingerprint density at radius 1 is 1.06 bits per heavy atom.